The van der Waals surface area contributed by atoms with Crippen LogP contribution in [0.25, 0.3) is 0 Å². The van der Waals surface area contributed by atoms with Gasteiger partial charge in [0.1, 0.15) is 0 Å². The van der Waals surface area contributed by atoms with Crippen LogP contribution in [-0.4, -0.2) is 37.2 Å². The average Bonchev–Trinajstić information content (AvgIpc) is 2.11. The molecule has 0 aliphatic carbocycles. The van der Waals surface area contributed by atoms with Gasteiger partial charge in [0, 0.05) is 37.2 Å². The molecular weight excluding hydrogens is 188 g/mol. The van der Waals surface area contributed by atoms with Crippen LogP contribution >= 0.6 is 25.3 Å². The second-order valence-electron chi connectivity index (χ2n) is 2.71. The topological polar surface area (TPSA) is 24.1 Å². The Kier molecular flexibility index (Phi) is 10.2. The molecular formula is C8H20N2S2. The van der Waals surface area contributed by atoms with Crippen molar-refractivity contribution in [2.75, 3.05) is 31.1 Å². The molecule has 0 aliphatic heterocycles. The molecule has 0 saturated heterocycles. The molecule has 0 saturated carbocycles. The maximum absolute atomic E-state index is 4.15. The maximum Gasteiger partial charge on any atom is 0.0190 e. The van der Waals surface area contributed by atoms with Crippen molar-refractivity contribution in [3.63, 3.8) is 0 Å². The quantitative estimate of drug-likeness (QED) is 0.350. The smallest absolute Gasteiger partial charge is 0.0190 e. The summed E-state index contributed by atoms with van der Waals surface area (Å²) >= 11 is 8.28. The van der Waals surface area contributed by atoms with E-state index >= 15 is 0 Å². The lowest BCUT2D eigenvalue weighted by Crippen LogP contribution is -2.39. The number of thiol groups is 2. The van der Waals surface area contributed by atoms with E-state index in [2.05, 4.69) is 42.8 Å². The molecule has 0 aliphatic rings. The summed E-state index contributed by atoms with van der Waals surface area (Å²) in [5, 5.41) is 6.75. The summed E-state index contributed by atoms with van der Waals surface area (Å²) < 4.78 is 0. The summed E-state index contributed by atoms with van der Waals surface area (Å²) in [6.07, 6.45) is 1.16. The van der Waals surface area contributed by atoms with Gasteiger partial charge in [0.25, 0.3) is 0 Å². The Morgan fingerprint density at radius 2 is 1.83 bits per heavy atom. The van der Waals surface area contributed by atoms with Crippen LogP contribution in [0.2, 0.25) is 0 Å². The first-order valence-electron chi connectivity index (χ1n) is 4.51. The van der Waals surface area contributed by atoms with E-state index in [1.54, 1.807) is 0 Å². The molecule has 74 valence electrons. The molecule has 4 heteroatoms. The van der Waals surface area contributed by atoms with Crippen molar-refractivity contribution in [2.45, 2.75) is 19.4 Å². The van der Waals surface area contributed by atoms with Crippen LogP contribution in [0.4, 0.5) is 0 Å². The lowest BCUT2D eigenvalue weighted by molar-refractivity contribution is 0.482. The second kappa shape index (κ2) is 9.71. The molecule has 2 nitrogen and oxygen atoms in total. The Bertz CT molecular complexity index is 91.1. The highest BCUT2D eigenvalue weighted by molar-refractivity contribution is 7.80. The van der Waals surface area contributed by atoms with Gasteiger partial charge in [0.2, 0.25) is 0 Å². The average molecular weight is 208 g/mol. The molecule has 0 rings (SSSR count). The van der Waals surface area contributed by atoms with Crippen molar-refractivity contribution in [3.05, 3.63) is 0 Å². The highest BCUT2D eigenvalue weighted by atomic mass is 32.1. The molecule has 1 atom stereocenters. The van der Waals surface area contributed by atoms with Gasteiger partial charge in [-0.1, -0.05) is 6.92 Å². The first kappa shape index (κ1) is 12.6. The molecule has 0 heterocycles. The molecule has 0 fully saturated rings. The summed E-state index contributed by atoms with van der Waals surface area (Å²) in [5.41, 5.74) is 0. The summed E-state index contributed by atoms with van der Waals surface area (Å²) in [6.45, 7) is 5.20. The number of nitrogens with one attached hydrogen (secondary N) is 2. The van der Waals surface area contributed by atoms with Crippen LogP contribution in [-0.2, 0) is 0 Å². The van der Waals surface area contributed by atoms with Crippen LogP contribution < -0.4 is 10.6 Å². The van der Waals surface area contributed by atoms with Crippen molar-refractivity contribution in [2.24, 2.45) is 0 Å². The molecule has 0 radical (unpaired) electrons. The summed E-state index contributed by atoms with van der Waals surface area (Å²) in [7, 11) is 0. The van der Waals surface area contributed by atoms with Gasteiger partial charge >= 0.3 is 0 Å². The van der Waals surface area contributed by atoms with E-state index in [4.69, 9.17) is 0 Å². The van der Waals surface area contributed by atoms with E-state index in [0.29, 0.717) is 6.04 Å². The minimum Gasteiger partial charge on any atom is -0.314 e. The minimum atomic E-state index is 0.581. The van der Waals surface area contributed by atoms with Gasteiger partial charge in [0.05, 0.1) is 0 Å². The highest BCUT2D eigenvalue weighted by Crippen LogP contribution is 1.88. The third-order valence-corrected chi connectivity index (χ3v) is 2.16. The number of hydrogen-bond donors (Lipinski definition) is 4. The zero-order valence-electron chi connectivity index (χ0n) is 7.71. The molecule has 2 N–H and O–H groups in total. The lowest BCUT2D eigenvalue weighted by atomic mass is 10.2. The first-order chi connectivity index (χ1) is 5.85. The van der Waals surface area contributed by atoms with Crippen molar-refractivity contribution in [1.29, 1.82) is 0 Å². The number of hydrogen-bond acceptors (Lipinski definition) is 4. The zero-order valence-corrected chi connectivity index (χ0v) is 9.50. The van der Waals surface area contributed by atoms with E-state index in [1.165, 1.54) is 0 Å². The molecule has 0 aromatic heterocycles. The molecule has 0 bridgehead atoms. The monoisotopic (exact) mass is 208 g/mol. The normalized spacial score (nSPS) is 13.2. The van der Waals surface area contributed by atoms with Gasteiger partial charge in [-0.15, -0.1) is 0 Å². The van der Waals surface area contributed by atoms with Gasteiger partial charge in [-0.25, -0.2) is 0 Å². The summed E-state index contributed by atoms with van der Waals surface area (Å²) in [6, 6.07) is 0.581. The third-order valence-electron chi connectivity index (χ3n) is 1.72. The van der Waals surface area contributed by atoms with Gasteiger partial charge in [0.15, 0.2) is 0 Å². The van der Waals surface area contributed by atoms with Crippen molar-refractivity contribution in [1.82, 2.24) is 10.6 Å². The third kappa shape index (κ3) is 7.28. The molecule has 0 unspecified atom stereocenters. The van der Waals surface area contributed by atoms with Crippen molar-refractivity contribution < 1.29 is 0 Å². The van der Waals surface area contributed by atoms with E-state index < -0.39 is 0 Å². The van der Waals surface area contributed by atoms with Gasteiger partial charge < -0.3 is 10.6 Å². The molecule has 0 aromatic carbocycles. The van der Waals surface area contributed by atoms with Crippen LogP contribution in [0.15, 0.2) is 0 Å². The Morgan fingerprint density at radius 1 is 1.17 bits per heavy atom. The molecule has 12 heavy (non-hydrogen) atoms. The summed E-state index contributed by atoms with van der Waals surface area (Å²) in [4.78, 5) is 0. The fraction of sp³-hybridized carbons (Fsp3) is 1.00. The minimum absolute atomic E-state index is 0.581. The Labute approximate surface area is 86.7 Å². The molecule has 0 amide bonds. The Balaban J connectivity index is 3.26. The van der Waals surface area contributed by atoms with Crippen molar-refractivity contribution >= 4 is 25.3 Å². The van der Waals surface area contributed by atoms with Crippen LogP contribution in [0.1, 0.15) is 13.3 Å². The van der Waals surface area contributed by atoms with Crippen LogP contribution in [0.3, 0.4) is 0 Å². The number of rotatable bonds is 8. The predicted octanol–water partition coefficient (Wildman–Crippen LogP) is 0.804. The van der Waals surface area contributed by atoms with Gasteiger partial charge in [-0.3, -0.25) is 0 Å². The van der Waals surface area contributed by atoms with E-state index in [1.807, 2.05) is 0 Å². The summed E-state index contributed by atoms with van der Waals surface area (Å²) in [5.74, 6) is 1.81. The van der Waals surface area contributed by atoms with E-state index in [-0.39, 0.29) is 0 Å². The fourth-order valence-electron chi connectivity index (χ4n) is 0.985. The van der Waals surface area contributed by atoms with E-state index in [9.17, 15) is 0 Å². The van der Waals surface area contributed by atoms with Crippen LogP contribution in [0, 0.1) is 0 Å². The Morgan fingerprint density at radius 3 is 2.33 bits per heavy atom. The maximum atomic E-state index is 4.15. The van der Waals surface area contributed by atoms with E-state index in [0.717, 1.165) is 37.6 Å². The predicted molar refractivity (Wildman–Crippen MR) is 62.7 cm³/mol. The fourth-order valence-corrected chi connectivity index (χ4v) is 1.27. The highest BCUT2D eigenvalue weighted by Gasteiger charge is 2.02. The lowest BCUT2D eigenvalue weighted by Gasteiger charge is -2.16. The molecule has 0 aromatic rings. The first-order valence-corrected chi connectivity index (χ1v) is 5.77. The van der Waals surface area contributed by atoms with Gasteiger partial charge in [-0.05, 0) is 6.42 Å². The van der Waals surface area contributed by atoms with Crippen LogP contribution in [0.5, 0.6) is 0 Å². The zero-order chi connectivity index (χ0) is 9.23. The Hall–Kier alpha value is 0.620. The molecule has 0 spiro atoms. The second-order valence-corrected chi connectivity index (χ2v) is 3.61. The largest absolute Gasteiger partial charge is 0.314 e. The standard InChI is InChI=1S/C8H20N2S2/c1-2-8(10-4-6-12)7-9-3-5-11/h8-12H,2-7H2,1H3/t8-/m1/s1. The SMILES string of the molecule is CC[C@H](CNCCS)NCCS. The van der Waals surface area contributed by atoms with Crippen molar-refractivity contribution in [3.8, 4) is 0 Å². The van der Waals surface area contributed by atoms with Gasteiger partial charge in [-0.2, -0.15) is 25.3 Å².